The van der Waals surface area contributed by atoms with Crippen LogP contribution in [-0.4, -0.2) is 57.0 Å². The Hall–Kier alpha value is -2.17. The maximum atomic E-state index is 12.2. The van der Waals surface area contributed by atoms with Crippen LogP contribution in [0.15, 0.2) is 29.2 Å². The number of ether oxygens (including phenoxy) is 1. The number of nitrogens with one attached hydrogen (secondary N) is 2. The summed E-state index contributed by atoms with van der Waals surface area (Å²) in [7, 11) is -3.98. The largest absolute Gasteiger partial charge is 0.454 e. The molecule has 1 atom stereocenters. The molecule has 1 fully saturated rings. The number of hydrogen-bond acceptors (Lipinski definition) is 6. The molecular weight excluding hydrogens is 374 g/mol. The Morgan fingerprint density at radius 1 is 1.44 bits per heavy atom. The lowest BCUT2D eigenvalue weighted by Gasteiger charge is -2.15. The van der Waals surface area contributed by atoms with E-state index in [9.17, 15) is 22.8 Å². The van der Waals surface area contributed by atoms with Gasteiger partial charge in [0.15, 0.2) is 6.61 Å². The number of esters is 1. The summed E-state index contributed by atoms with van der Waals surface area (Å²) in [5.74, 6) is -1.63. The van der Waals surface area contributed by atoms with Crippen LogP contribution in [-0.2, 0) is 24.3 Å². The molecule has 1 heterocycles. The molecule has 0 spiro atoms. The third-order valence-electron chi connectivity index (χ3n) is 3.29. The van der Waals surface area contributed by atoms with Gasteiger partial charge in [-0.15, -0.1) is 0 Å². The van der Waals surface area contributed by atoms with Crippen molar-refractivity contribution in [1.82, 2.24) is 14.9 Å². The summed E-state index contributed by atoms with van der Waals surface area (Å²) in [6.45, 7) is 1.13. The predicted molar refractivity (Wildman–Crippen MR) is 87.3 cm³/mol. The molecule has 0 saturated carbocycles. The summed E-state index contributed by atoms with van der Waals surface area (Å²) >= 11 is 5.75. The maximum absolute atomic E-state index is 12.2. The highest BCUT2D eigenvalue weighted by Crippen LogP contribution is 2.15. The highest BCUT2D eigenvalue weighted by Gasteiger charge is 2.28. The molecule has 0 aromatic heterocycles. The second kappa shape index (κ2) is 7.81. The Bertz CT molecular complexity index is 798. The number of urea groups is 1. The van der Waals surface area contributed by atoms with Crippen LogP contribution < -0.4 is 10.0 Å². The minimum atomic E-state index is -3.98. The van der Waals surface area contributed by atoms with E-state index in [0.717, 1.165) is 4.90 Å². The zero-order valence-corrected chi connectivity index (χ0v) is 14.8. The van der Waals surface area contributed by atoms with Crippen molar-refractivity contribution in [2.75, 3.05) is 19.7 Å². The van der Waals surface area contributed by atoms with Crippen molar-refractivity contribution in [3.8, 4) is 0 Å². The molecule has 1 saturated heterocycles. The van der Waals surface area contributed by atoms with Gasteiger partial charge in [-0.2, -0.15) is 4.72 Å². The van der Waals surface area contributed by atoms with Crippen LogP contribution in [0.4, 0.5) is 4.79 Å². The third kappa shape index (κ3) is 4.91. The third-order valence-corrected chi connectivity index (χ3v) is 5.06. The Kier molecular flexibility index (Phi) is 5.98. The first-order chi connectivity index (χ1) is 11.7. The van der Waals surface area contributed by atoms with E-state index in [1.54, 1.807) is 0 Å². The van der Waals surface area contributed by atoms with Gasteiger partial charge in [0.05, 0.1) is 4.90 Å². The van der Waals surface area contributed by atoms with Crippen LogP contribution in [0.1, 0.15) is 6.92 Å². The molecule has 25 heavy (non-hydrogen) atoms. The van der Waals surface area contributed by atoms with Gasteiger partial charge in [-0.05, 0) is 25.1 Å². The number of sulfonamides is 1. The van der Waals surface area contributed by atoms with Gasteiger partial charge in [-0.25, -0.2) is 13.2 Å². The van der Waals surface area contributed by atoms with E-state index in [4.69, 9.17) is 16.3 Å². The van der Waals surface area contributed by atoms with Crippen molar-refractivity contribution in [3.05, 3.63) is 29.3 Å². The van der Waals surface area contributed by atoms with E-state index in [0.29, 0.717) is 6.54 Å². The monoisotopic (exact) mass is 389 g/mol. The van der Waals surface area contributed by atoms with E-state index in [-0.39, 0.29) is 16.5 Å². The molecule has 11 heteroatoms. The zero-order chi connectivity index (χ0) is 18.6. The van der Waals surface area contributed by atoms with Crippen molar-refractivity contribution < 1.29 is 27.5 Å². The van der Waals surface area contributed by atoms with Crippen LogP contribution in [0.25, 0.3) is 0 Å². The average molecular weight is 390 g/mol. The maximum Gasteiger partial charge on any atom is 0.324 e. The number of carbonyl (C=O) groups is 3. The van der Waals surface area contributed by atoms with Crippen molar-refractivity contribution in [2.45, 2.75) is 17.9 Å². The molecule has 2 rings (SSSR count). The number of rotatable bonds is 6. The fourth-order valence-corrected chi connectivity index (χ4v) is 3.52. The lowest BCUT2D eigenvalue weighted by atomic mass is 10.4. The molecule has 0 radical (unpaired) electrons. The van der Waals surface area contributed by atoms with E-state index < -0.39 is 40.6 Å². The molecule has 1 aliphatic rings. The van der Waals surface area contributed by atoms with E-state index in [1.807, 2.05) is 0 Å². The quantitative estimate of drug-likeness (QED) is 0.665. The van der Waals surface area contributed by atoms with Gasteiger partial charge in [0, 0.05) is 18.1 Å². The summed E-state index contributed by atoms with van der Waals surface area (Å²) in [5, 5.41) is 2.67. The fraction of sp³-hybridized carbons (Fsp3) is 0.357. The number of carbonyl (C=O) groups excluding carboxylic acids is 3. The van der Waals surface area contributed by atoms with Gasteiger partial charge in [0.1, 0.15) is 6.04 Å². The molecule has 0 bridgehead atoms. The Balaban J connectivity index is 1.91. The lowest BCUT2D eigenvalue weighted by molar-refractivity contribution is -0.151. The molecular formula is C14H16ClN3O6S. The SMILES string of the molecule is C[C@H](NS(=O)(=O)c1cccc(Cl)c1)C(=O)OCC(=O)N1CCNC1=O. The van der Waals surface area contributed by atoms with E-state index >= 15 is 0 Å². The second-order valence-corrected chi connectivity index (χ2v) is 7.34. The first-order valence-electron chi connectivity index (χ1n) is 7.23. The van der Waals surface area contributed by atoms with Gasteiger partial charge < -0.3 is 10.1 Å². The first-order valence-corrected chi connectivity index (χ1v) is 9.09. The molecule has 9 nitrogen and oxygen atoms in total. The molecule has 1 aromatic carbocycles. The first kappa shape index (κ1) is 19.2. The van der Waals surface area contributed by atoms with Crippen LogP contribution in [0, 0.1) is 0 Å². The van der Waals surface area contributed by atoms with E-state index in [2.05, 4.69) is 10.0 Å². The summed E-state index contributed by atoms with van der Waals surface area (Å²) in [6, 6.07) is 3.73. The van der Waals surface area contributed by atoms with Crippen molar-refractivity contribution >= 4 is 39.5 Å². The molecule has 2 N–H and O–H groups in total. The van der Waals surface area contributed by atoms with Gasteiger partial charge >= 0.3 is 12.0 Å². The minimum absolute atomic E-state index is 0.107. The molecule has 136 valence electrons. The molecule has 1 aliphatic heterocycles. The summed E-state index contributed by atoms with van der Waals surface area (Å²) in [5.41, 5.74) is 0. The Labute approximate surface area is 149 Å². The number of imide groups is 1. The number of benzene rings is 1. The standard InChI is InChI=1S/C14H16ClN3O6S/c1-9(17-25(22,23)11-4-2-3-10(15)7-11)13(20)24-8-12(19)18-6-5-16-14(18)21/h2-4,7,9,17H,5-6,8H2,1H3,(H,16,21)/t9-/m0/s1. The van der Waals surface area contributed by atoms with Gasteiger partial charge in [-0.1, -0.05) is 17.7 Å². The fourth-order valence-electron chi connectivity index (χ4n) is 2.03. The number of halogens is 1. The summed E-state index contributed by atoms with van der Waals surface area (Å²) in [6.07, 6.45) is 0. The van der Waals surface area contributed by atoms with Gasteiger partial charge in [0.2, 0.25) is 10.0 Å². The number of hydrogen-bond donors (Lipinski definition) is 2. The minimum Gasteiger partial charge on any atom is -0.454 e. The number of amides is 3. The Morgan fingerprint density at radius 3 is 2.76 bits per heavy atom. The molecule has 3 amide bonds. The zero-order valence-electron chi connectivity index (χ0n) is 13.2. The molecule has 0 aliphatic carbocycles. The van der Waals surface area contributed by atoms with Crippen LogP contribution in [0.5, 0.6) is 0 Å². The van der Waals surface area contributed by atoms with Gasteiger partial charge in [0.25, 0.3) is 5.91 Å². The van der Waals surface area contributed by atoms with Crippen molar-refractivity contribution in [2.24, 2.45) is 0 Å². The highest BCUT2D eigenvalue weighted by molar-refractivity contribution is 7.89. The Morgan fingerprint density at radius 2 is 2.16 bits per heavy atom. The second-order valence-electron chi connectivity index (χ2n) is 5.19. The topological polar surface area (TPSA) is 122 Å². The van der Waals surface area contributed by atoms with Gasteiger partial charge in [-0.3, -0.25) is 14.5 Å². The molecule has 1 aromatic rings. The number of nitrogens with zero attached hydrogens (tertiary/aromatic N) is 1. The van der Waals surface area contributed by atoms with E-state index in [1.165, 1.54) is 31.2 Å². The average Bonchev–Trinajstić information content (AvgIpc) is 2.98. The lowest BCUT2D eigenvalue weighted by Crippen LogP contribution is -2.42. The van der Waals surface area contributed by atoms with Crippen molar-refractivity contribution in [3.63, 3.8) is 0 Å². The summed E-state index contributed by atoms with van der Waals surface area (Å²) in [4.78, 5) is 35.8. The summed E-state index contributed by atoms with van der Waals surface area (Å²) < 4.78 is 31.3. The van der Waals surface area contributed by atoms with Crippen LogP contribution in [0.3, 0.4) is 0 Å². The normalized spacial score (nSPS) is 15.6. The smallest absolute Gasteiger partial charge is 0.324 e. The van der Waals surface area contributed by atoms with Crippen LogP contribution >= 0.6 is 11.6 Å². The van der Waals surface area contributed by atoms with Crippen molar-refractivity contribution in [1.29, 1.82) is 0 Å². The molecule has 0 unspecified atom stereocenters. The highest BCUT2D eigenvalue weighted by atomic mass is 35.5. The van der Waals surface area contributed by atoms with Crippen LogP contribution in [0.2, 0.25) is 5.02 Å². The predicted octanol–water partition coefficient (Wildman–Crippen LogP) is 0.102.